The van der Waals surface area contributed by atoms with E-state index in [-0.39, 0.29) is 11.3 Å². The van der Waals surface area contributed by atoms with Crippen molar-refractivity contribution in [1.82, 2.24) is 14.5 Å². The Kier molecular flexibility index (Phi) is 3.10. The number of nitrogens with zero attached hydrogens (tertiary/aromatic N) is 3. The molecule has 0 atom stereocenters. The number of aromatic hydroxyl groups is 1. The maximum Gasteiger partial charge on any atom is 0.160 e. The summed E-state index contributed by atoms with van der Waals surface area (Å²) in [6.45, 7) is 2.69. The molecule has 3 aromatic rings. The van der Waals surface area contributed by atoms with Gasteiger partial charge in [0.25, 0.3) is 0 Å². The molecule has 0 unspecified atom stereocenters. The van der Waals surface area contributed by atoms with E-state index < -0.39 is 5.82 Å². The molecule has 20 heavy (non-hydrogen) atoms. The van der Waals surface area contributed by atoms with E-state index in [2.05, 4.69) is 9.97 Å². The quantitative estimate of drug-likeness (QED) is 0.794. The van der Waals surface area contributed by atoms with Crippen molar-refractivity contribution >= 4 is 11.2 Å². The van der Waals surface area contributed by atoms with Crippen LogP contribution in [-0.2, 0) is 6.54 Å². The second kappa shape index (κ2) is 4.92. The summed E-state index contributed by atoms with van der Waals surface area (Å²) in [5, 5.41) is 9.95. The van der Waals surface area contributed by atoms with Gasteiger partial charge >= 0.3 is 0 Å². The zero-order valence-electron chi connectivity index (χ0n) is 11.0. The highest BCUT2D eigenvalue weighted by Gasteiger charge is 2.19. The number of hydrogen-bond acceptors (Lipinski definition) is 3. The minimum absolute atomic E-state index is 0.113. The molecule has 1 aromatic carbocycles. The number of pyridine rings is 1. The fourth-order valence-corrected chi connectivity index (χ4v) is 2.32. The van der Waals surface area contributed by atoms with Gasteiger partial charge in [-0.15, -0.1) is 0 Å². The Morgan fingerprint density at radius 3 is 2.85 bits per heavy atom. The average molecular weight is 271 g/mol. The lowest BCUT2D eigenvalue weighted by Crippen LogP contribution is -2.02. The monoisotopic (exact) mass is 271 g/mol. The van der Waals surface area contributed by atoms with Crippen LogP contribution in [0.2, 0.25) is 0 Å². The van der Waals surface area contributed by atoms with E-state index in [1.807, 2.05) is 17.6 Å². The highest BCUT2D eigenvalue weighted by Crippen LogP contribution is 2.32. The summed E-state index contributed by atoms with van der Waals surface area (Å²) in [4.78, 5) is 8.73. The number of benzene rings is 1. The molecule has 0 saturated carbocycles. The van der Waals surface area contributed by atoms with E-state index in [4.69, 9.17) is 0 Å². The number of halogens is 1. The van der Waals surface area contributed by atoms with E-state index in [1.165, 1.54) is 18.2 Å². The zero-order valence-corrected chi connectivity index (χ0v) is 11.0. The summed E-state index contributed by atoms with van der Waals surface area (Å²) < 4.78 is 15.9. The molecule has 0 radical (unpaired) electrons. The number of phenolic OH excluding ortho intramolecular Hbond substituents is 1. The summed E-state index contributed by atoms with van der Waals surface area (Å²) in [5.41, 5.74) is 1.52. The maximum atomic E-state index is 14.1. The zero-order chi connectivity index (χ0) is 14.1. The second-order valence-corrected chi connectivity index (χ2v) is 4.57. The maximum absolute atomic E-state index is 14.1. The van der Waals surface area contributed by atoms with Crippen molar-refractivity contribution in [3.63, 3.8) is 0 Å². The first-order valence-corrected chi connectivity index (χ1v) is 6.51. The summed E-state index contributed by atoms with van der Waals surface area (Å²) >= 11 is 0. The molecular formula is C15H14FN3O. The summed E-state index contributed by atoms with van der Waals surface area (Å²) in [5.74, 6) is -0.188. The molecule has 0 bridgehead atoms. The first kappa shape index (κ1) is 12.6. The van der Waals surface area contributed by atoms with Crippen molar-refractivity contribution in [2.24, 2.45) is 0 Å². The van der Waals surface area contributed by atoms with Gasteiger partial charge in [-0.25, -0.2) is 14.4 Å². The van der Waals surface area contributed by atoms with Gasteiger partial charge < -0.3 is 9.67 Å². The Morgan fingerprint density at radius 1 is 1.25 bits per heavy atom. The van der Waals surface area contributed by atoms with Crippen LogP contribution in [0.3, 0.4) is 0 Å². The molecule has 0 aliphatic heterocycles. The Morgan fingerprint density at radius 2 is 2.10 bits per heavy atom. The molecular weight excluding hydrogens is 257 g/mol. The molecule has 2 heterocycles. The lowest BCUT2D eigenvalue weighted by atomic mass is 10.1. The number of imidazole rings is 1. The number of aryl methyl sites for hydroxylation is 1. The summed E-state index contributed by atoms with van der Waals surface area (Å²) in [6.07, 6.45) is 2.55. The fourth-order valence-electron chi connectivity index (χ4n) is 2.32. The lowest BCUT2D eigenvalue weighted by Gasteiger charge is -2.09. The molecule has 0 fully saturated rings. The summed E-state index contributed by atoms with van der Waals surface area (Å²) in [6, 6.07) is 7.87. The van der Waals surface area contributed by atoms with Gasteiger partial charge in [-0.1, -0.05) is 13.0 Å². The van der Waals surface area contributed by atoms with Gasteiger partial charge in [-0.3, -0.25) is 0 Å². The van der Waals surface area contributed by atoms with Crippen LogP contribution in [-0.4, -0.2) is 19.6 Å². The van der Waals surface area contributed by atoms with Crippen LogP contribution in [0.5, 0.6) is 5.75 Å². The molecule has 1 N–H and O–H groups in total. The van der Waals surface area contributed by atoms with Crippen LogP contribution in [0.25, 0.3) is 22.6 Å². The van der Waals surface area contributed by atoms with Gasteiger partial charge in [-0.05, 0) is 30.7 Å². The molecule has 5 heteroatoms. The molecule has 3 rings (SSSR count). The Bertz CT molecular complexity index is 747. The SMILES string of the molecule is CCCn1c(-c2c(O)cccc2F)nc2cccnc21. The smallest absolute Gasteiger partial charge is 0.160 e. The van der Waals surface area contributed by atoms with Crippen molar-refractivity contribution in [2.75, 3.05) is 0 Å². The minimum atomic E-state index is -0.488. The van der Waals surface area contributed by atoms with Crippen LogP contribution in [0, 0.1) is 5.82 Å². The van der Waals surface area contributed by atoms with Crippen LogP contribution in [0.4, 0.5) is 4.39 Å². The Balaban J connectivity index is 2.33. The normalized spacial score (nSPS) is 11.1. The topological polar surface area (TPSA) is 50.9 Å². The molecule has 4 nitrogen and oxygen atoms in total. The highest BCUT2D eigenvalue weighted by molar-refractivity contribution is 5.79. The Hall–Kier alpha value is -2.43. The van der Waals surface area contributed by atoms with Crippen molar-refractivity contribution in [1.29, 1.82) is 0 Å². The number of fused-ring (bicyclic) bond motifs is 1. The van der Waals surface area contributed by atoms with Crippen molar-refractivity contribution < 1.29 is 9.50 Å². The van der Waals surface area contributed by atoms with Crippen LogP contribution >= 0.6 is 0 Å². The molecule has 0 amide bonds. The number of phenols is 1. The third kappa shape index (κ3) is 1.91. The molecule has 102 valence electrons. The first-order chi connectivity index (χ1) is 9.72. The van der Waals surface area contributed by atoms with Gasteiger partial charge in [0.15, 0.2) is 5.65 Å². The van der Waals surface area contributed by atoms with Gasteiger partial charge in [0.2, 0.25) is 0 Å². The number of hydrogen-bond donors (Lipinski definition) is 1. The van der Waals surface area contributed by atoms with E-state index in [0.29, 0.717) is 23.5 Å². The predicted molar refractivity (Wildman–Crippen MR) is 74.9 cm³/mol. The minimum Gasteiger partial charge on any atom is -0.507 e. The summed E-state index contributed by atoms with van der Waals surface area (Å²) in [7, 11) is 0. The van der Waals surface area contributed by atoms with Crippen molar-refractivity contribution in [2.45, 2.75) is 19.9 Å². The van der Waals surface area contributed by atoms with Gasteiger partial charge in [0.05, 0.1) is 5.56 Å². The van der Waals surface area contributed by atoms with Crippen molar-refractivity contribution in [3.8, 4) is 17.1 Å². The molecule has 0 aliphatic rings. The second-order valence-electron chi connectivity index (χ2n) is 4.57. The molecule has 0 saturated heterocycles. The van der Waals surface area contributed by atoms with Gasteiger partial charge in [0.1, 0.15) is 22.9 Å². The van der Waals surface area contributed by atoms with Crippen LogP contribution in [0.15, 0.2) is 36.5 Å². The third-order valence-electron chi connectivity index (χ3n) is 3.17. The number of rotatable bonds is 3. The standard InChI is InChI=1S/C15H14FN3O/c1-2-9-19-14-11(6-4-8-17-14)18-15(19)13-10(16)5-3-7-12(13)20/h3-8,20H,2,9H2,1H3. The van der Waals surface area contributed by atoms with E-state index in [9.17, 15) is 9.50 Å². The molecule has 0 spiro atoms. The Labute approximate surface area is 115 Å². The first-order valence-electron chi connectivity index (χ1n) is 6.51. The lowest BCUT2D eigenvalue weighted by molar-refractivity contribution is 0.470. The van der Waals surface area contributed by atoms with Crippen molar-refractivity contribution in [3.05, 3.63) is 42.3 Å². The number of aromatic nitrogens is 3. The molecule has 0 aliphatic carbocycles. The van der Waals surface area contributed by atoms with E-state index in [0.717, 1.165) is 6.42 Å². The van der Waals surface area contributed by atoms with Crippen LogP contribution in [0.1, 0.15) is 13.3 Å². The van der Waals surface area contributed by atoms with Gasteiger partial charge in [0, 0.05) is 12.7 Å². The van der Waals surface area contributed by atoms with Crippen LogP contribution < -0.4 is 0 Å². The fraction of sp³-hybridized carbons (Fsp3) is 0.200. The predicted octanol–water partition coefficient (Wildman–Crippen LogP) is 3.35. The highest BCUT2D eigenvalue weighted by atomic mass is 19.1. The molecule has 2 aromatic heterocycles. The average Bonchev–Trinajstić information content (AvgIpc) is 2.78. The van der Waals surface area contributed by atoms with Gasteiger partial charge in [-0.2, -0.15) is 0 Å². The van der Waals surface area contributed by atoms with E-state index in [1.54, 1.807) is 12.3 Å². The largest absolute Gasteiger partial charge is 0.507 e. The van der Waals surface area contributed by atoms with E-state index >= 15 is 0 Å². The third-order valence-corrected chi connectivity index (χ3v) is 3.17.